The van der Waals surface area contributed by atoms with Crippen LogP contribution in [0.4, 0.5) is 5.69 Å². The number of hydrogen-bond donors (Lipinski definition) is 3. The van der Waals surface area contributed by atoms with Gasteiger partial charge >= 0.3 is 0 Å². The molecular formula is C11H14N6O. The van der Waals surface area contributed by atoms with Crippen molar-refractivity contribution in [2.45, 2.75) is 13.5 Å². The number of hydrogen-bond acceptors (Lipinski definition) is 5. The van der Waals surface area contributed by atoms with E-state index < -0.39 is 0 Å². The highest BCUT2D eigenvalue weighted by Gasteiger charge is 2.06. The minimum atomic E-state index is -0.164. The SMILES string of the molecule is CCNc1ccc(C(=O)NCc2nn[nH]n2)cc1. The van der Waals surface area contributed by atoms with Gasteiger partial charge in [0, 0.05) is 17.8 Å². The lowest BCUT2D eigenvalue weighted by molar-refractivity contribution is 0.0950. The van der Waals surface area contributed by atoms with Gasteiger partial charge in [-0.05, 0) is 31.2 Å². The highest BCUT2D eigenvalue weighted by molar-refractivity contribution is 5.94. The molecule has 7 heteroatoms. The Balaban J connectivity index is 1.92. The van der Waals surface area contributed by atoms with Gasteiger partial charge in [-0.3, -0.25) is 4.79 Å². The van der Waals surface area contributed by atoms with Crippen LogP contribution in [0.25, 0.3) is 0 Å². The first-order valence-electron chi connectivity index (χ1n) is 5.64. The predicted octanol–water partition coefficient (Wildman–Crippen LogP) is 0.561. The van der Waals surface area contributed by atoms with E-state index in [0.29, 0.717) is 11.4 Å². The molecule has 1 heterocycles. The van der Waals surface area contributed by atoms with Gasteiger partial charge in [0.05, 0.1) is 6.54 Å². The fraction of sp³-hybridized carbons (Fsp3) is 0.273. The summed E-state index contributed by atoms with van der Waals surface area (Å²) in [6.45, 7) is 3.12. The van der Waals surface area contributed by atoms with E-state index in [2.05, 4.69) is 31.3 Å². The van der Waals surface area contributed by atoms with Crippen molar-refractivity contribution in [3.8, 4) is 0 Å². The van der Waals surface area contributed by atoms with Crippen molar-refractivity contribution in [1.29, 1.82) is 0 Å². The van der Waals surface area contributed by atoms with Crippen molar-refractivity contribution in [1.82, 2.24) is 25.9 Å². The van der Waals surface area contributed by atoms with E-state index in [9.17, 15) is 4.79 Å². The second-order valence-corrected chi connectivity index (χ2v) is 3.62. The first kappa shape index (κ1) is 12.0. The summed E-state index contributed by atoms with van der Waals surface area (Å²) in [7, 11) is 0. The van der Waals surface area contributed by atoms with Crippen LogP contribution in [0, 0.1) is 0 Å². The fourth-order valence-corrected chi connectivity index (χ4v) is 1.46. The van der Waals surface area contributed by atoms with Gasteiger partial charge in [-0.2, -0.15) is 5.21 Å². The van der Waals surface area contributed by atoms with Crippen LogP contribution < -0.4 is 10.6 Å². The van der Waals surface area contributed by atoms with Crippen molar-refractivity contribution in [3.05, 3.63) is 35.7 Å². The standard InChI is InChI=1S/C11H14N6O/c1-2-12-9-5-3-8(4-6-9)11(18)13-7-10-14-16-17-15-10/h3-6,12H,2,7H2,1H3,(H,13,18)(H,14,15,16,17). The molecule has 18 heavy (non-hydrogen) atoms. The highest BCUT2D eigenvalue weighted by Crippen LogP contribution is 2.09. The van der Waals surface area contributed by atoms with Crippen LogP contribution in [0.5, 0.6) is 0 Å². The van der Waals surface area contributed by atoms with Crippen LogP contribution >= 0.6 is 0 Å². The lowest BCUT2D eigenvalue weighted by Crippen LogP contribution is -2.23. The molecule has 3 N–H and O–H groups in total. The summed E-state index contributed by atoms with van der Waals surface area (Å²) in [5.41, 5.74) is 1.59. The van der Waals surface area contributed by atoms with Crippen LogP contribution in [0.2, 0.25) is 0 Å². The maximum atomic E-state index is 11.8. The molecule has 0 atom stereocenters. The Hall–Kier alpha value is -2.44. The summed E-state index contributed by atoms with van der Waals surface area (Å²) >= 11 is 0. The first-order chi connectivity index (χ1) is 8.79. The molecule has 0 saturated carbocycles. The molecule has 2 aromatic rings. The summed E-state index contributed by atoms with van der Waals surface area (Å²) in [6, 6.07) is 7.27. The van der Waals surface area contributed by atoms with Gasteiger partial charge in [0.15, 0.2) is 5.82 Å². The number of H-pyrrole nitrogens is 1. The van der Waals surface area contributed by atoms with Crippen LogP contribution in [0.3, 0.4) is 0 Å². The lowest BCUT2D eigenvalue weighted by atomic mass is 10.2. The second-order valence-electron chi connectivity index (χ2n) is 3.62. The smallest absolute Gasteiger partial charge is 0.251 e. The van der Waals surface area contributed by atoms with Gasteiger partial charge in [0.25, 0.3) is 5.91 Å². The molecule has 0 aliphatic carbocycles. The van der Waals surface area contributed by atoms with Crippen molar-refractivity contribution >= 4 is 11.6 Å². The summed E-state index contributed by atoms with van der Waals surface area (Å²) in [5, 5.41) is 19.1. The molecule has 2 rings (SSSR count). The Kier molecular flexibility index (Phi) is 3.85. The molecule has 0 aliphatic rings. The molecule has 0 unspecified atom stereocenters. The highest BCUT2D eigenvalue weighted by atomic mass is 16.1. The zero-order valence-electron chi connectivity index (χ0n) is 9.97. The molecule has 1 amide bonds. The minimum absolute atomic E-state index is 0.164. The molecule has 0 bridgehead atoms. The number of nitrogens with one attached hydrogen (secondary N) is 3. The summed E-state index contributed by atoms with van der Waals surface area (Å²) < 4.78 is 0. The van der Waals surface area contributed by atoms with E-state index >= 15 is 0 Å². The molecule has 0 saturated heterocycles. The Morgan fingerprint density at radius 3 is 2.72 bits per heavy atom. The largest absolute Gasteiger partial charge is 0.385 e. The molecule has 94 valence electrons. The predicted molar refractivity (Wildman–Crippen MR) is 66.0 cm³/mol. The minimum Gasteiger partial charge on any atom is -0.385 e. The third kappa shape index (κ3) is 3.03. The summed E-state index contributed by atoms with van der Waals surface area (Å²) in [4.78, 5) is 11.8. The van der Waals surface area contributed by atoms with Gasteiger partial charge in [0.2, 0.25) is 0 Å². The Labute approximate surface area is 104 Å². The fourth-order valence-electron chi connectivity index (χ4n) is 1.46. The van der Waals surface area contributed by atoms with E-state index in [-0.39, 0.29) is 12.5 Å². The monoisotopic (exact) mass is 246 g/mol. The molecule has 7 nitrogen and oxygen atoms in total. The third-order valence-electron chi connectivity index (χ3n) is 2.32. The van der Waals surface area contributed by atoms with Crippen LogP contribution in [-0.4, -0.2) is 33.1 Å². The number of carbonyl (C=O) groups excluding carboxylic acids is 1. The Bertz CT molecular complexity index is 493. The van der Waals surface area contributed by atoms with Gasteiger partial charge in [-0.1, -0.05) is 5.21 Å². The number of tetrazole rings is 1. The van der Waals surface area contributed by atoms with Gasteiger partial charge in [-0.15, -0.1) is 10.2 Å². The number of aromatic nitrogens is 4. The third-order valence-corrected chi connectivity index (χ3v) is 2.32. The van der Waals surface area contributed by atoms with Crippen molar-refractivity contribution in [3.63, 3.8) is 0 Å². The van der Waals surface area contributed by atoms with Crippen molar-refractivity contribution < 1.29 is 4.79 Å². The van der Waals surface area contributed by atoms with Crippen molar-refractivity contribution in [2.24, 2.45) is 0 Å². The molecule has 0 spiro atoms. The van der Waals surface area contributed by atoms with Crippen LogP contribution in [-0.2, 0) is 6.54 Å². The molecule has 1 aromatic carbocycles. The molecule has 0 radical (unpaired) electrons. The maximum absolute atomic E-state index is 11.8. The second kappa shape index (κ2) is 5.76. The number of amides is 1. The first-order valence-corrected chi connectivity index (χ1v) is 5.64. The Morgan fingerprint density at radius 1 is 1.33 bits per heavy atom. The van der Waals surface area contributed by atoms with Crippen LogP contribution in [0.1, 0.15) is 23.1 Å². The number of aromatic amines is 1. The number of benzene rings is 1. The molecule has 0 fully saturated rings. The summed E-state index contributed by atoms with van der Waals surface area (Å²) in [5.74, 6) is 0.287. The van der Waals surface area contributed by atoms with Crippen molar-refractivity contribution in [2.75, 3.05) is 11.9 Å². The topological polar surface area (TPSA) is 95.6 Å². The van der Waals surface area contributed by atoms with E-state index in [1.165, 1.54) is 0 Å². The zero-order chi connectivity index (χ0) is 12.8. The number of anilines is 1. The normalized spacial score (nSPS) is 10.1. The molecule has 1 aromatic heterocycles. The van der Waals surface area contributed by atoms with Gasteiger partial charge in [-0.25, -0.2) is 0 Å². The maximum Gasteiger partial charge on any atom is 0.251 e. The quantitative estimate of drug-likeness (QED) is 0.716. The summed E-state index contributed by atoms with van der Waals surface area (Å²) in [6.07, 6.45) is 0. The van der Waals surface area contributed by atoms with Gasteiger partial charge < -0.3 is 10.6 Å². The number of rotatable bonds is 5. The van der Waals surface area contributed by atoms with E-state index in [1.54, 1.807) is 12.1 Å². The average Bonchev–Trinajstić information content (AvgIpc) is 2.90. The average molecular weight is 246 g/mol. The van der Waals surface area contributed by atoms with E-state index in [4.69, 9.17) is 0 Å². The van der Waals surface area contributed by atoms with E-state index in [0.717, 1.165) is 12.2 Å². The zero-order valence-corrected chi connectivity index (χ0v) is 9.97. The van der Waals surface area contributed by atoms with Crippen LogP contribution in [0.15, 0.2) is 24.3 Å². The van der Waals surface area contributed by atoms with Gasteiger partial charge in [0.1, 0.15) is 0 Å². The lowest BCUT2D eigenvalue weighted by Gasteiger charge is -2.05. The van der Waals surface area contributed by atoms with E-state index in [1.807, 2.05) is 19.1 Å². The molecular weight excluding hydrogens is 232 g/mol. The number of nitrogens with zero attached hydrogens (tertiary/aromatic N) is 3. The Morgan fingerprint density at radius 2 is 2.11 bits per heavy atom. The number of carbonyl (C=O) groups is 1. The molecule has 0 aliphatic heterocycles.